The number of rotatable bonds is 4. The minimum absolute atomic E-state index is 0.0181. The van der Waals surface area contributed by atoms with Crippen molar-refractivity contribution in [3.63, 3.8) is 0 Å². The molecule has 1 fully saturated rings. The number of aryl methyl sites for hydroxylation is 2. The summed E-state index contributed by atoms with van der Waals surface area (Å²) in [6, 6.07) is 3.96. The maximum absolute atomic E-state index is 14.4. The van der Waals surface area contributed by atoms with E-state index in [4.69, 9.17) is 5.10 Å². The maximum Gasteiger partial charge on any atom is 0.264 e. The van der Waals surface area contributed by atoms with E-state index in [2.05, 4.69) is 14.7 Å². The van der Waals surface area contributed by atoms with Crippen LogP contribution in [0.25, 0.3) is 11.1 Å². The average Bonchev–Trinajstić information content (AvgIpc) is 3.51. The smallest absolute Gasteiger partial charge is 0.264 e. The van der Waals surface area contributed by atoms with Gasteiger partial charge in [0.1, 0.15) is 0 Å². The van der Waals surface area contributed by atoms with Crippen LogP contribution in [0.2, 0.25) is 0 Å². The number of nitrogens with zero attached hydrogens (tertiary/aromatic N) is 6. The summed E-state index contributed by atoms with van der Waals surface area (Å²) in [7, 11) is 1.79. The SMILES string of the molecule is CC(=O)N1CCc2c(c(N3CCCc4cc(-c5cnn(C)c5)c(C(F)F)cc43)nn2C2CCCCC2)C1. The molecule has 0 saturated heterocycles. The zero-order valence-corrected chi connectivity index (χ0v) is 21.6. The molecular weight excluding hydrogens is 474 g/mol. The van der Waals surface area contributed by atoms with E-state index >= 15 is 0 Å². The summed E-state index contributed by atoms with van der Waals surface area (Å²) >= 11 is 0. The van der Waals surface area contributed by atoms with E-state index in [9.17, 15) is 13.6 Å². The molecule has 0 atom stereocenters. The number of hydrogen-bond donors (Lipinski definition) is 0. The molecule has 9 heteroatoms. The Morgan fingerprint density at radius 2 is 1.89 bits per heavy atom. The van der Waals surface area contributed by atoms with E-state index in [1.54, 1.807) is 37.1 Å². The number of aromatic nitrogens is 4. The van der Waals surface area contributed by atoms with Crippen molar-refractivity contribution >= 4 is 17.4 Å². The van der Waals surface area contributed by atoms with Crippen molar-refractivity contribution in [3.05, 3.63) is 46.9 Å². The fraction of sp³-hybridized carbons (Fsp3) is 0.536. The highest BCUT2D eigenvalue weighted by Gasteiger charge is 2.34. The van der Waals surface area contributed by atoms with E-state index in [0.717, 1.165) is 61.3 Å². The van der Waals surface area contributed by atoms with Gasteiger partial charge >= 0.3 is 0 Å². The van der Waals surface area contributed by atoms with Crippen molar-refractivity contribution in [1.82, 2.24) is 24.5 Å². The molecule has 0 unspecified atom stereocenters. The summed E-state index contributed by atoms with van der Waals surface area (Å²) < 4.78 is 32.6. The summed E-state index contributed by atoms with van der Waals surface area (Å²) in [5.74, 6) is 0.893. The molecule has 2 aromatic heterocycles. The Morgan fingerprint density at radius 1 is 1.08 bits per heavy atom. The summed E-state index contributed by atoms with van der Waals surface area (Å²) in [6.07, 6.45) is 9.25. The number of amides is 1. The van der Waals surface area contributed by atoms with Crippen molar-refractivity contribution in [2.24, 2.45) is 7.05 Å². The van der Waals surface area contributed by atoms with Crippen LogP contribution in [-0.2, 0) is 31.2 Å². The molecule has 7 nitrogen and oxygen atoms in total. The van der Waals surface area contributed by atoms with Gasteiger partial charge in [-0.3, -0.25) is 14.2 Å². The monoisotopic (exact) mass is 508 g/mol. The van der Waals surface area contributed by atoms with E-state index in [1.165, 1.54) is 25.0 Å². The lowest BCUT2D eigenvalue weighted by Gasteiger charge is -2.33. The lowest BCUT2D eigenvalue weighted by molar-refractivity contribution is -0.129. The van der Waals surface area contributed by atoms with Crippen LogP contribution in [0.15, 0.2) is 24.5 Å². The lowest BCUT2D eigenvalue weighted by Crippen LogP contribution is -2.35. The largest absolute Gasteiger partial charge is 0.338 e. The molecule has 4 heterocycles. The van der Waals surface area contributed by atoms with Crippen LogP contribution in [-0.4, -0.2) is 43.5 Å². The molecule has 6 rings (SSSR count). The Morgan fingerprint density at radius 3 is 2.59 bits per heavy atom. The van der Waals surface area contributed by atoms with E-state index in [-0.39, 0.29) is 11.5 Å². The first kappa shape index (κ1) is 24.1. The zero-order chi connectivity index (χ0) is 25.7. The number of benzene rings is 1. The standard InChI is InChI=1S/C28H34F2N6O/c1-18(37)34-12-10-25-24(17-34)28(32-36(25)21-8-4-3-5-9-21)35-11-6-7-19-13-22(20-15-31-33(2)16-20)23(27(29)30)14-26(19)35/h13-16,21,27H,3-12,17H2,1-2H3. The molecule has 0 bridgehead atoms. The normalized spacial score (nSPS) is 18.3. The van der Waals surface area contributed by atoms with Gasteiger partial charge in [-0.25, -0.2) is 8.78 Å². The van der Waals surface area contributed by atoms with E-state index in [0.29, 0.717) is 30.3 Å². The Kier molecular flexibility index (Phi) is 6.24. The van der Waals surface area contributed by atoms with Crippen LogP contribution in [0.4, 0.5) is 20.3 Å². The summed E-state index contributed by atoms with van der Waals surface area (Å²) in [5.41, 5.74) is 5.42. The molecule has 0 radical (unpaired) electrons. The van der Waals surface area contributed by atoms with Crippen LogP contribution in [0.3, 0.4) is 0 Å². The fourth-order valence-corrected chi connectivity index (χ4v) is 6.40. The Bertz CT molecular complexity index is 1320. The third-order valence-electron chi connectivity index (χ3n) is 8.31. The molecule has 1 amide bonds. The number of halogens is 2. The molecule has 196 valence electrons. The fourth-order valence-electron chi connectivity index (χ4n) is 6.40. The van der Waals surface area contributed by atoms with Gasteiger partial charge < -0.3 is 9.80 Å². The van der Waals surface area contributed by atoms with Crippen molar-refractivity contribution in [1.29, 1.82) is 0 Å². The topological polar surface area (TPSA) is 59.2 Å². The Labute approximate surface area is 216 Å². The third kappa shape index (κ3) is 4.32. The summed E-state index contributed by atoms with van der Waals surface area (Å²) in [4.78, 5) is 16.3. The van der Waals surface area contributed by atoms with Crippen molar-refractivity contribution in [2.45, 2.75) is 77.3 Å². The van der Waals surface area contributed by atoms with Gasteiger partial charge in [0, 0.05) is 67.8 Å². The molecule has 0 spiro atoms. The molecule has 37 heavy (non-hydrogen) atoms. The first-order valence-electron chi connectivity index (χ1n) is 13.5. The first-order valence-corrected chi connectivity index (χ1v) is 13.5. The number of fused-ring (bicyclic) bond motifs is 2. The first-order chi connectivity index (χ1) is 17.9. The van der Waals surface area contributed by atoms with Crippen LogP contribution in [0.5, 0.6) is 0 Å². The van der Waals surface area contributed by atoms with Gasteiger partial charge in [-0.2, -0.15) is 10.2 Å². The quantitative estimate of drug-likeness (QED) is 0.453. The minimum atomic E-state index is -2.61. The van der Waals surface area contributed by atoms with Gasteiger partial charge in [-0.05, 0) is 48.9 Å². The second-order valence-electron chi connectivity index (χ2n) is 10.7. The van der Waals surface area contributed by atoms with Crippen LogP contribution < -0.4 is 4.90 Å². The Hall–Kier alpha value is -3.23. The molecule has 1 saturated carbocycles. The molecule has 3 aliphatic rings. The van der Waals surface area contributed by atoms with Crippen molar-refractivity contribution in [2.75, 3.05) is 18.0 Å². The highest BCUT2D eigenvalue weighted by molar-refractivity contribution is 5.78. The number of carbonyl (C=O) groups excluding carboxylic acids is 1. The zero-order valence-electron chi connectivity index (χ0n) is 21.6. The predicted molar refractivity (Wildman–Crippen MR) is 138 cm³/mol. The minimum Gasteiger partial charge on any atom is -0.338 e. The summed E-state index contributed by atoms with van der Waals surface area (Å²) in [5, 5.41) is 9.40. The number of hydrogen-bond acceptors (Lipinski definition) is 4. The number of alkyl halides is 2. The van der Waals surface area contributed by atoms with Crippen molar-refractivity contribution in [3.8, 4) is 11.1 Å². The second kappa shape index (κ2) is 9.58. The van der Waals surface area contributed by atoms with E-state index < -0.39 is 6.43 Å². The number of carbonyl (C=O) groups is 1. The lowest BCUT2D eigenvalue weighted by atomic mass is 9.92. The van der Waals surface area contributed by atoms with Crippen LogP contribution >= 0.6 is 0 Å². The molecule has 2 aliphatic heterocycles. The number of anilines is 2. The molecular formula is C28H34F2N6O. The van der Waals surface area contributed by atoms with E-state index in [1.807, 2.05) is 11.0 Å². The van der Waals surface area contributed by atoms with Crippen molar-refractivity contribution < 1.29 is 13.6 Å². The summed E-state index contributed by atoms with van der Waals surface area (Å²) in [6.45, 7) is 3.55. The molecule has 1 aromatic carbocycles. The maximum atomic E-state index is 14.4. The van der Waals surface area contributed by atoms with Crippen LogP contribution in [0, 0.1) is 0 Å². The molecule has 0 N–H and O–H groups in total. The predicted octanol–water partition coefficient (Wildman–Crippen LogP) is 5.72. The Balaban J connectivity index is 1.47. The van der Waals surface area contributed by atoms with Gasteiger partial charge in [-0.1, -0.05) is 19.3 Å². The highest BCUT2D eigenvalue weighted by Crippen LogP contribution is 2.44. The van der Waals surface area contributed by atoms with Gasteiger partial charge in [0.15, 0.2) is 5.82 Å². The second-order valence-corrected chi connectivity index (χ2v) is 10.7. The van der Waals surface area contributed by atoms with Gasteiger partial charge in [0.25, 0.3) is 6.43 Å². The highest BCUT2D eigenvalue weighted by atomic mass is 19.3. The third-order valence-corrected chi connectivity index (χ3v) is 8.31. The van der Waals surface area contributed by atoms with Gasteiger partial charge in [0.05, 0.1) is 18.8 Å². The van der Waals surface area contributed by atoms with Gasteiger partial charge in [0.2, 0.25) is 5.91 Å². The van der Waals surface area contributed by atoms with Gasteiger partial charge in [-0.15, -0.1) is 0 Å². The van der Waals surface area contributed by atoms with Crippen LogP contribution in [0.1, 0.15) is 80.3 Å². The molecule has 1 aliphatic carbocycles. The molecule has 3 aromatic rings. The average molecular weight is 509 g/mol.